The first-order valence-electron chi connectivity index (χ1n) is 6.98. The van der Waals surface area contributed by atoms with E-state index in [1.165, 1.54) is 0 Å². The Morgan fingerprint density at radius 1 is 1.33 bits per heavy atom. The Labute approximate surface area is 124 Å². The van der Waals surface area contributed by atoms with Crippen molar-refractivity contribution in [2.24, 2.45) is 0 Å². The second-order valence-electron chi connectivity index (χ2n) is 5.28. The lowest BCUT2D eigenvalue weighted by Crippen LogP contribution is -2.46. The van der Waals surface area contributed by atoms with Crippen LogP contribution in [-0.2, 0) is 11.3 Å². The summed E-state index contributed by atoms with van der Waals surface area (Å²) in [6.07, 6.45) is 2.36. The molecule has 0 radical (unpaired) electrons. The molecule has 0 bridgehead atoms. The molecule has 0 spiro atoms. The van der Waals surface area contributed by atoms with E-state index < -0.39 is 0 Å². The van der Waals surface area contributed by atoms with Crippen LogP contribution in [0.3, 0.4) is 0 Å². The van der Waals surface area contributed by atoms with Crippen LogP contribution in [0.25, 0.3) is 5.69 Å². The van der Waals surface area contributed by atoms with Gasteiger partial charge in [-0.05, 0) is 25.5 Å². The van der Waals surface area contributed by atoms with Crippen LogP contribution in [-0.4, -0.2) is 46.0 Å². The molecular formula is C15H22N4O2. The molecule has 2 aromatic rings. The topological polar surface area (TPSA) is 72.2 Å². The van der Waals surface area contributed by atoms with Gasteiger partial charge in [-0.25, -0.2) is 0 Å². The molecule has 0 fully saturated rings. The van der Waals surface area contributed by atoms with Crippen LogP contribution >= 0.6 is 0 Å². The highest BCUT2D eigenvalue weighted by atomic mass is 16.5. The smallest absolute Gasteiger partial charge is 0.0969 e. The third-order valence-corrected chi connectivity index (χ3v) is 3.35. The minimum Gasteiger partial charge on any atom is -0.396 e. The van der Waals surface area contributed by atoms with Crippen molar-refractivity contribution in [3.63, 3.8) is 0 Å². The zero-order valence-electron chi connectivity index (χ0n) is 12.5. The molecule has 1 unspecified atom stereocenters. The maximum absolute atomic E-state index is 9.15. The largest absolute Gasteiger partial charge is 0.396 e. The summed E-state index contributed by atoms with van der Waals surface area (Å²) in [5.41, 5.74) is 1.50. The maximum Gasteiger partial charge on any atom is 0.0969 e. The highest BCUT2D eigenvalue weighted by Gasteiger charge is 2.23. The molecule has 0 saturated carbocycles. The molecule has 1 atom stereocenters. The third-order valence-electron chi connectivity index (χ3n) is 3.35. The van der Waals surface area contributed by atoms with Gasteiger partial charge in [0.05, 0.1) is 24.2 Å². The third kappa shape index (κ3) is 4.35. The molecule has 114 valence electrons. The van der Waals surface area contributed by atoms with Gasteiger partial charge in [0, 0.05) is 25.8 Å². The molecule has 6 nitrogen and oxygen atoms in total. The van der Waals surface area contributed by atoms with Crippen molar-refractivity contribution in [2.45, 2.75) is 25.4 Å². The predicted molar refractivity (Wildman–Crippen MR) is 80.2 cm³/mol. The van der Waals surface area contributed by atoms with Crippen molar-refractivity contribution in [3.8, 4) is 5.69 Å². The number of para-hydroxylation sites is 1. The Morgan fingerprint density at radius 3 is 2.76 bits per heavy atom. The fourth-order valence-electron chi connectivity index (χ4n) is 2.14. The van der Waals surface area contributed by atoms with E-state index in [9.17, 15) is 0 Å². The van der Waals surface area contributed by atoms with E-state index in [0.717, 1.165) is 11.4 Å². The Kier molecular flexibility index (Phi) is 5.44. The lowest BCUT2D eigenvalue weighted by Gasteiger charge is -2.29. The van der Waals surface area contributed by atoms with Crippen LogP contribution in [0.2, 0.25) is 0 Å². The van der Waals surface area contributed by atoms with Crippen molar-refractivity contribution in [2.75, 3.05) is 20.3 Å². The number of methoxy groups -OCH3 is 1. The number of hydrogen-bond donors (Lipinski definition) is 2. The zero-order chi connectivity index (χ0) is 15.1. The summed E-state index contributed by atoms with van der Waals surface area (Å²) in [4.78, 5) is 1.61. The second kappa shape index (κ2) is 7.31. The molecule has 0 amide bonds. The molecule has 0 aliphatic carbocycles. The number of aliphatic hydroxyl groups is 1. The van der Waals surface area contributed by atoms with Crippen molar-refractivity contribution in [3.05, 3.63) is 42.2 Å². The van der Waals surface area contributed by atoms with Crippen LogP contribution in [0.4, 0.5) is 0 Å². The van der Waals surface area contributed by atoms with Gasteiger partial charge in [-0.3, -0.25) is 0 Å². The van der Waals surface area contributed by atoms with E-state index in [1.54, 1.807) is 18.1 Å². The zero-order valence-corrected chi connectivity index (χ0v) is 12.5. The van der Waals surface area contributed by atoms with E-state index in [-0.39, 0.29) is 12.1 Å². The molecule has 6 heteroatoms. The van der Waals surface area contributed by atoms with Crippen molar-refractivity contribution < 1.29 is 9.84 Å². The van der Waals surface area contributed by atoms with Crippen LogP contribution in [0, 0.1) is 0 Å². The summed E-state index contributed by atoms with van der Waals surface area (Å²) in [6, 6.07) is 9.78. The minimum atomic E-state index is -0.278. The van der Waals surface area contributed by atoms with Crippen LogP contribution < -0.4 is 5.32 Å². The average molecular weight is 290 g/mol. The molecule has 0 saturated heterocycles. The van der Waals surface area contributed by atoms with Crippen LogP contribution in [0.15, 0.2) is 36.5 Å². The van der Waals surface area contributed by atoms with Gasteiger partial charge < -0.3 is 15.2 Å². The number of nitrogens with one attached hydrogen (secondary N) is 1. The summed E-state index contributed by atoms with van der Waals surface area (Å²) in [5.74, 6) is 0. The summed E-state index contributed by atoms with van der Waals surface area (Å²) < 4.78 is 5.21. The predicted octanol–water partition coefficient (Wildman–Crippen LogP) is 1.14. The second-order valence-corrected chi connectivity index (χ2v) is 5.28. The van der Waals surface area contributed by atoms with E-state index in [0.29, 0.717) is 19.6 Å². The SMILES string of the molecule is COCC(C)(CCO)NCc1cnn(-c2ccccc2)n1. The van der Waals surface area contributed by atoms with E-state index in [2.05, 4.69) is 15.5 Å². The molecule has 1 aromatic heterocycles. The summed E-state index contributed by atoms with van der Waals surface area (Å²) >= 11 is 0. The van der Waals surface area contributed by atoms with Crippen molar-refractivity contribution in [1.29, 1.82) is 0 Å². The van der Waals surface area contributed by atoms with E-state index >= 15 is 0 Å². The van der Waals surface area contributed by atoms with E-state index in [1.807, 2.05) is 37.3 Å². The number of ether oxygens (including phenoxy) is 1. The number of aliphatic hydroxyl groups excluding tert-OH is 1. The highest BCUT2D eigenvalue weighted by molar-refractivity contribution is 5.28. The lowest BCUT2D eigenvalue weighted by atomic mass is 9.99. The van der Waals surface area contributed by atoms with Gasteiger partial charge in [-0.1, -0.05) is 18.2 Å². The Morgan fingerprint density at radius 2 is 2.10 bits per heavy atom. The Hall–Kier alpha value is -1.76. The van der Waals surface area contributed by atoms with E-state index in [4.69, 9.17) is 9.84 Å². The molecule has 2 N–H and O–H groups in total. The molecular weight excluding hydrogens is 268 g/mol. The van der Waals surface area contributed by atoms with Crippen molar-refractivity contribution in [1.82, 2.24) is 20.3 Å². The first-order chi connectivity index (χ1) is 10.2. The van der Waals surface area contributed by atoms with Gasteiger partial charge >= 0.3 is 0 Å². The molecule has 0 aliphatic rings. The Balaban J connectivity index is 1.99. The quantitative estimate of drug-likeness (QED) is 0.763. The maximum atomic E-state index is 9.15. The molecule has 21 heavy (non-hydrogen) atoms. The molecule has 1 aromatic carbocycles. The average Bonchev–Trinajstić information content (AvgIpc) is 2.96. The molecule has 1 heterocycles. The first-order valence-corrected chi connectivity index (χ1v) is 6.98. The van der Waals surface area contributed by atoms with Gasteiger partial charge in [-0.2, -0.15) is 15.0 Å². The van der Waals surface area contributed by atoms with Crippen LogP contribution in [0.5, 0.6) is 0 Å². The van der Waals surface area contributed by atoms with Gasteiger partial charge in [0.25, 0.3) is 0 Å². The van der Waals surface area contributed by atoms with Gasteiger partial charge in [0.1, 0.15) is 0 Å². The van der Waals surface area contributed by atoms with Crippen LogP contribution in [0.1, 0.15) is 19.0 Å². The summed E-state index contributed by atoms with van der Waals surface area (Å²) in [7, 11) is 1.66. The fraction of sp³-hybridized carbons (Fsp3) is 0.467. The first kappa shape index (κ1) is 15.6. The molecule has 0 aliphatic heterocycles. The summed E-state index contributed by atoms with van der Waals surface area (Å²) in [6.45, 7) is 3.24. The van der Waals surface area contributed by atoms with Gasteiger partial charge in [0.2, 0.25) is 0 Å². The van der Waals surface area contributed by atoms with Gasteiger partial charge in [0.15, 0.2) is 0 Å². The van der Waals surface area contributed by atoms with Gasteiger partial charge in [-0.15, -0.1) is 0 Å². The standard InChI is InChI=1S/C15H22N4O2/c1-15(8-9-20,12-21-2)16-10-13-11-17-19(18-13)14-6-4-3-5-7-14/h3-7,11,16,20H,8-10,12H2,1-2H3. The number of rotatable bonds is 8. The highest BCUT2D eigenvalue weighted by Crippen LogP contribution is 2.11. The van der Waals surface area contributed by atoms with Crippen molar-refractivity contribution >= 4 is 0 Å². The lowest BCUT2D eigenvalue weighted by molar-refractivity contribution is 0.0967. The fourth-order valence-corrected chi connectivity index (χ4v) is 2.14. The number of nitrogens with zero attached hydrogens (tertiary/aromatic N) is 3. The summed E-state index contributed by atoms with van der Waals surface area (Å²) in [5, 5.41) is 21.2. The number of benzene rings is 1. The normalized spacial score (nSPS) is 14.0. The number of hydrogen-bond acceptors (Lipinski definition) is 5. The number of aromatic nitrogens is 3. The monoisotopic (exact) mass is 290 g/mol. The molecule has 2 rings (SSSR count). The minimum absolute atomic E-state index is 0.115. The Bertz CT molecular complexity index is 536.